The molecule has 132 valence electrons. The van der Waals surface area contributed by atoms with E-state index in [4.69, 9.17) is 5.11 Å². The number of hydrogen-bond acceptors (Lipinski definition) is 10. The Morgan fingerprint density at radius 3 is 1.79 bits per heavy atom. The molecule has 24 heavy (non-hydrogen) atoms. The summed E-state index contributed by atoms with van der Waals surface area (Å²) in [6.07, 6.45) is -8.85. The summed E-state index contributed by atoms with van der Waals surface area (Å²) in [6, 6.07) is 5.28. The van der Waals surface area contributed by atoms with Crippen LogP contribution in [0, 0.1) is 0 Å². The molecule has 0 radical (unpaired) electrons. The molecule has 1 aliphatic heterocycles. The largest absolute Gasteiger partial charge is 0.404 e. The summed E-state index contributed by atoms with van der Waals surface area (Å²) in [7, 11) is 0. The predicted octanol–water partition coefficient (Wildman–Crippen LogP) is -2.90. The van der Waals surface area contributed by atoms with E-state index in [1.807, 2.05) is 0 Å². The van der Waals surface area contributed by atoms with Gasteiger partial charge >= 0.3 is 17.9 Å². The Morgan fingerprint density at radius 2 is 1.38 bits per heavy atom. The quantitative estimate of drug-likeness (QED) is 0.304. The number of rotatable bonds is 5. The van der Waals surface area contributed by atoms with Crippen molar-refractivity contribution in [3.8, 4) is 0 Å². The number of cyclic esters (lactones) is 2. The molecule has 0 aliphatic carbocycles. The fourth-order valence-corrected chi connectivity index (χ4v) is 2.09. The van der Waals surface area contributed by atoms with Crippen LogP contribution < -0.4 is 0 Å². The maximum absolute atomic E-state index is 12.0. The van der Waals surface area contributed by atoms with Gasteiger partial charge in [-0.1, -0.05) is 12.1 Å². The lowest BCUT2D eigenvalue weighted by Gasteiger charge is -2.34. The van der Waals surface area contributed by atoms with Gasteiger partial charge in [-0.15, -0.1) is 0 Å². The zero-order chi connectivity index (χ0) is 18.1. The van der Waals surface area contributed by atoms with E-state index in [-0.39, 0.29) is 11.1 Å². The number of benzene rings is 1. The number of aliphatic hydroxyl groups excluding tert-OH is 5. The smallest absolute Gasteiger partial charge is 0.394 e. The highest BCUT2D eigenvalue weighted by molar-refractivity contribution is 6.04. The summed E-state index contributed by atoms with van der Waals surface area (Å²) in [5.41, 5.74) is -0.480. The molecule has 6 N–H and O–H groups in total. The molecule has 0 saturated heterocycles. The molecule has 0 amide bonds. The van der Waals surface area contributed by atoms with Crippen molar-refractivity contribution >= 4 is 11.9 Å². The van der Waals surface area contributed by atoms with Gasteiger partial charge in [-0.05, 0) is 12.1 Å². The summed E-state index contributed by atoms with van der Waals surface area (Å²) in [4.78, 5) is 24.0. The van der Waals surface area contributed by atoms with Crippen molar-refractivity contribution in [2.45, 2.75) is 30.4 Å². The van der Waals surface area contributed by atoms with E-state index in [0.717, 1.165) is 0 Å². The topological polar surface area (TPSA) is 174 Å². The van der Waals surface area contributed by atoms with Gasteiger partial charge in [0.05, 0.1) is 17.7 Å². The van der Waals surface area contributed by atoms with E-state index in [2.05, 4.69) is 9.47 Å². The minimum Gasteiger partial charge on any atom is -0.394 e. The van der Waals surface area contributed by atoms with Crippen LogP contribution in [0.15, 0.2) is 24.3 Å². The molecule has 0 fully saturated rings. The first-order chi connectivity index (χ1) is 11.2. The van der Waals surface area contributed by atoms with E-state index in [9.17, 15) is 35.1 Å². The molecule has 4 atom stereocenters. The van der Waals surface area contributed by atoms with E-state index in [1.165, 1.54) is 24.3 Å². The molecule has 0 bridgehead atoms. The van der Waals surface area contributed by atoms with Crippen molar-refractivity contribution in [2.24, 2.45) is 0 Å². The number of ether oxygens (including phenoxy) is 2. The maximum Gasteiger partial charge on any atom is 0.404 e. The van der Waals surface area contributed by atoms with Crippen molar-refractivity contribution in [3.05, 3.63) is 35.4 Å². The summed E-state index contributed by atoms with van der Waals surface area (Å²) < 4.78 is 9.10. The molecule has 0 spiro atoms. The minimum atomic E-state index is -3.32. The third-order valence-corrected chi connectivity index (χ3v) is 3.47. The van der Waals surface area contributed by atoms with E-state index in [0.29, 0.717) is 0 Å². The normalized spacial score (nSPS) is 21.6. The summed E-state index contributed by atoms with van der Waals surface area (Å²) in [5, 5.41) is 57.4. The first-order valence-corrected chi connectivity index (χ1v) is 6.82. The van der Waals surface area contributed by atoms with Crippen LogP contribution in [-0.4, -0.2) is 79.6 Å². The monoisotopic (exact) mass is 344 g/mol. The summed E-state index contributed by atoms with van der Waals surface area (Å²) in [6.45, 7) is -0.964. The highest BCUT2D eigenvalue weighted by atomic mass is 16.9. The lowest BCUT2D eigenvalue weighted by molar-refractivity contribution is -0.361. The van der Waals surface area contributed by atoms with Crippen LogP contribution in [0.4, 0.5) is 0 Å². The molecular weight excluding hydrogens is 328 g/mol. The van der Waals surface area contributed by atoms with Gasteiger partial charge in [0.15, 0.2) is 6.10 Å². The average molecular weight is 344 g/mol. The molecule has 0 aromatic heterocycles. The number of carbonyl (C=O) groups excluding carboxylic acids is 2. The number of hydrogen-bond donors (Lipinski definition) is 6. The fraction of sp³-hybridized carbons (Fsp3) is 0.429. The van der Waals surface area contributed by atoms with Crippen LogP contribution in [0.3, 0.4) is 0 Å². The standard InChI is InChI=1S/C14H16O10/c15-5-8(16)9(17)10(18)11(19)14(22)23-12(20)6-3-1-2-4-7(6)13(21)24-14/h1-4,8-11,15-19,22H,5H2/t8-,9-,10-,11-/m1/s1. The molecule has 1 aromatic rings. The van der Waals surface area contributed by atoms with Crippen molar-refractivity contribution in [2.75, 3.05) is 6.61 Å². The van der Waals surface area contributed by atoms with Crippen molar-refractivity contribution in [1.29, 1.82) is 0 Å². The number of esters is 2. The second-order valence-corrected chi connectivity index (χ2v) is 5.13. The Morgan fingerprint density at radius 1 is 0.917 bits per heavy atom. The number of carbonyl (C=O) groups is 2. The second kappa shape index (κ2) is 6.81. The van der Waals surface area contributed by atoms with E-state index < -0.39 is 48.9 Å². The SMILES string of the molecule is O=C1OC(O)([C@H](O)[C@H](O)[C@H](O)[C@H](O)CO)OC(=O)c2ccccc21. The van der Waals surface area contributed by atoms with Gasteiger partial charge < -0.3 is 40.1 Å². The lowest BCUT2D eigenvalue weighted by Crippen LogP contribution is -2.59. The molecule has 1 aromatic carbocycles. The van der Waals surface area contributed by atoms with Gasteiger partial charge in [-0.2, -0.15) is 0 Å². The number of aliphatic hydroxyl groups is 6. The van der Waals surface area contributed by atoms with Crippen molar-refractivity contribution in [3.63, 3.8) is 0 Å². The summed E-state index contributed by atoms with van der Waals surface area (Å²) in [5.74, 6) is -5.76. The Balaban J connectivity index is 2.30. The van der Waals surface area contributed by atoms with Gasteiger partial charge in [-0.3, -0.25) is 0 Å². The van der Waals surface area contributed by atoms with Crippen molar-refractivity contribution in [1.82, 2.24) is 0 Å². The van der Waals surface area contributed by atoms with Gasteiger partial charge in [0.25, 0.3) is 0 Å². The summed E-state index contributed by atoms with van der Waals surface area (Å²) >= 11 is 0. The van der Waals surface area contributed by atoms with E-state index in [1.54, 1.807) is 0 Å². The van der Waals surface area contributed by atoms with Gasteiger partial charge in [0.2, 0.25) is 0 Å². The van der Waals surface area contributed by atoms with Crippen LogP contribution in [0.5, 0.6) is 0 Å². The number of fused-ring (bicyclic) bond motifs is 1. The third kappa shape index (κ3) is 3.24. The molecule has 1 heterocycles. The molecule has 2 rings (SSSR count). The molecule has 1 aliphatic rings. The van der Waals surface area contributed by atoms with Crippen LogP contribution in [0.25, 0.3) is 0 Å². The van der Waals surface area contributed by atoms with Crippen LogP contribution >= 0.6 is 0 Å². The highest BCUT2D eigenvalue weighted by Gasteiger charge is 2.53. The van der Waals surface area contributed by atoms with Crippen LogP contribution in [0.2, 0.25) is 0 Å². The Hall–Kier alpha value is -2.08. The van der Waals surface area contributed by atoms with Gasteiger partial charge in [0.1, 0.15) is 18.3 Å². The van der Waals surface area contributed by atoms with Gasteiger partial charge in [0, 0.05) is 0 Å². The zero-order valence-corrected chi connectivity index (χ0v) is 12.1. The Kier molecular flexibility index (Phi) is 5.18. The van der Waals surface area contributed by atoms with E-state index >= 15 is 0 Å². The predicted molar refractivity (Wildman–Crippen MR) is 73.3 cm³/mol. The minimum absolute atomic E-state index is 0.240. The Labute approximate surface area is 135 Å². The lowest BCUT2D eigenvalue weighted by atomic mass is 10.0. The Bertz CT molecular complexity index is 593. The van der Waals surface area contributed by atoms with Crippen molar-refractivity contribution < 1.29 is 49.7 Å². The fourth-order valence-electron chi connectivity index (χ4n) is 2.09. The maximum atomic E-state index is 12.0. The zero-order valence-electron chi connectivity index (χ0n) is 12.1. The molecular formula is C14H16O10. The van der Waals surface area contributed by atoms with Crippen LogP contribution in [0.1, 0.15) is 20.7 Å². The average Bonchev–Trinajstić information content (AvgIpc) is 2.67. The molecule has 0 unspecified atom stereocenters. The highest BCUT2D eigenvalue weighted by Crippen LogP contribution is 2.28. The molecule has 10 heteroatoms. The van der Waals surface area contributed by atoms with Gasteiger partial charge in [-0.25, -0.2) is 9.59 Å². The first-order valence-electron chi connectivity index (χ1n) is 6.82. The third-order valence-electron chi connectivity index (χ3n) is 3.47. The first kappa shape index (κ1) is 18.3. The second-order valence-electron chi connectivity index (χ2n) is 5.13. The van der Waals surface area contributed by atoms with Crippen LogP contribution in [-0.2, 0) is 9.47 Å². The molecule has 0 saturated carbocycles. The molecule has 10 nitrogen and oxygen atoms in total.